The number of hydrogen-bond acceptors (Lipinski definition) is 5. The zero-order valence-electron chi connectivity index (χ0n) is 54.9. The number of allylic oxidation sites excluding steroid dienone is 17. The van der Waals surface area contributed by atoms with Crippen molar-refractivity contribution < 1.29 is 32.9 Å². The summed E-state index contributed by atoms with van der Waals surface area (Å²) in [4.78, 5) is 23.4. The van der Waals surface area contributed by atoms with Crippen molar-refractivity contribution in [3.63, 3.8) is 0 Å². The molecule has 0 bridgehead atoms. The summed E-state index contributed by atoms with van der Waals surface area (Å²) in [5.41, 5.74) is 0. The minimum Gasteiger partial charge on any atom is -0.387 e. The highest BCUT2D eigenvalue weighted by Gasteiger charge is 2.28. The molecule has 83 heavy (non-hydrogen) atoms. The van der Waals surface area contributed by atoms with Crippen molar-refractivity contribution in [3.8, 4) is 0 Å². The van der Waals surface area contributed by atoms with Crippen LogP contribution in [-0.2, 0) is 18.4 Å². The summed E-state index contributed by atoms with van der Waals surface area (Å²) < 4.78 is 23.8. The van der Waals surface area contributed by atoms with E-state index in [9.17, 15) is 19.4 Å². The van der Waals surface area contributed by atoms with Crippen molar-refractivity contribution in [2.24, 2.45) is 0 Å². The third-order valence-corrected chi connectivity index (χ3v) is 16.2. The predicted molar refractivity (Wildman–Crippen MR) is 364 cm³/mol. The molecule has 3 N–H and O–H groups in total. The summed E-state index contributed by atoms with van der Waals surface area (Å²) in [6, 6.07) is -0.880. The molecule has 0 rings (SSSR count). The Labute approximate surface area is 514 Å². The quantitative estimate of drug-likeness (QED) is 0.0243. The van der Waals surface area contributed by atoms with E-state index in [0.29, 0.717) is 17.4 Å². The molecule has 9 heteroatoms. The number of quaternary nitrogens is 1. The molecule has 0 aromatic carbocycles. The van der Waals surface area contributed by atoms with Crippen LogP contribution in [0.4, 0.5) is 0 Å². The van der Waals surface area contributed by atoms with E-state index in [2.05, 4.69) is 116 Å². The van der Waals surface area contributed by atoms with Gasteiger partial charge in [-0.1, -0.05) is 309 Å². The Morgan fingerprint density at radius 2 is 0.735 bits per heavy atom. The average Bonchev–Trinajstić information content (AvgIpc) is 3.49. The highest BCUT2D eigenvalue weighted by molar-refractivity contribution is 7.47. The number of amides is 1. The van der Waals surface area contributed by atoms with Gasteiger partial charge in [0, 0.05) is 6.42 Å². The Hall–Kier alpha value is -2.84. The number of unbranched alkanes of at least 4 members (excludes halogenated alkanes) is 34. The zero-order valence-corrected chi connectivity index (χ0v) is 55.8. The van der Waals surface area contributed by atoms with E-state index in [0.717, 1.165) is 83.5 Å². The fraction of sp³-hybridized carbons (Fsp3) is 0.743. The number of likely N-dealkylation sites (N-methyl/N-ethyl adjacent to an activating group) is 1. The maximum absolute atomic E-state index is 13.0. The first-order chi connectivity index (χ1) is 40.5. The standard InChI is InChI=1S/C74H133N2O6P/c1-6-8-10-12-14-16-18-20-22-24-26-28-30-32-34-36-38-40-42-44-46-48-50-52-54-56-58-60-62-64-66-68-74(78)75-72(71-82-83(79,80)81-70-69-76(3,4)5)73(77)67-65-63-61-59-57-55-53-51-49-47-45-43-41-39-37-35-33-31-29-27-25-23-21-19-17-15-13-11-9-7-2/h8,10,14,16,20,22,26,28,32,34,38,40,49,51,57,59,65,67,72-73,77H,6-7,9,11-13,15,17-19,21,23-25,27,29-31,33,35-37,39,41-48,50,52-56,58,60-64,66,68-71H2,1-5H3,(H-,75,78,79,80)/p+1/b10-8-,16-14-,22-20-,28-26-,34-32-,40-38-,51-49+,59-57+,67-65+. The van der Waals surface area contributed by atoms with Gasteiger partial charge in [-0.05, 0) is 96.3 Å². The first-order valence-electron chi connectivity index (χ1n) is 34.8. The molecule has 3 atom stereocenters. The molecule has 0 aliphatic rings. The third kappa shape index (κ3) is 66.5. The molecule has 0 aromatic rings. The molecule has 0 aliphatic heterocycles. The molecule has 0 fully saturated rings. The molecule has 3 unspecified atom stereocenters. The largest absolute Gasteiger partial charge is 0.472 e. The SMILES string of the molecule is CC/C=C\C/C=C\C/C=C\C/C=C\C/C=C\C/C=C\CCCCCCCCCCCCCCC(=O)NC(COP(=O)(O)OCC[N+](C)(C)C)C(O)/C=C/CC/C=C/CC/C=C/CCCCCCCCCCCCCCCCCCCCCC. The fourth-order valence-corrected chi connectivity index (χ4v) is 10.6. The van der Waals surface area contributed by atoms with E-state index in [1.165, 1.54) is 199 Å². The Morgan fingerprint density at radius 3 is 1.11 bits per heavy atom. The number of nitrogens with one attached hydrogen (secondary N) is 1. The minimum atomic E-state index is -4.37. The normalized spacial score (nSPS) is 14.3. The van der Waals surface area contributed by atoms with Crippen LogP contribution in [0.15, 0.2) is 109 Å². The molecule has 1 amide bonds. The average molecular weight is 1180 g/mol. The number of hydrogen-bond donors (Lipinski definition) is 3. The molecule has 0 aliphatic carbocycles. The van der Waals surface area contributed by atoms with E-state index in [1.54, 1.807) is 6.08 Å². The van der Waals surface area contributed by atoms with Gasteiger partial charge < -0.3 is 19.8 Å². The van der Waals surface area contributed by atoms with Crippen LogP contribution in [0.3, 0.4) is 0 Å². The van der Waals surface area contributed by atoms with Crippen molar-refractivity contribution >= 4 is 13.7 Å². The lowest BCUT2D eigenvalue weighted by Gasteiger charge is -2.25. The zero-order chi connectivity index (χ0) is 60.5. The van der Waals surface area contributed by atoms with E-state index in [-0.39, 0.29) is 19.1 Å². The van der Waals surface area contributed by atoms with Crippen LogP contribution in [0, 0.1) is 0 Å². The number of aliphatic hydroxyl groups excluding tert-OH is 1. The van der Waals surface area contributed by atoms with E-state index >= 15 is 0 Å². The lowest BCUT2D eigenvalue weighted by Crippen LogP contribution is -2.45. The molecule has 0 radical (unpaired) electrons. The second-order valence-corrected chi connectivity index (χ2v) is 26.0. The Morgan fingerprint density at radius 1 is 0.422 bits per heavy atom. The second-order valence-electron chi connectivity index (χ2n) is 24.5. The summed E-state index contributed by atoms with van der Waals surface area (Å²) in [5.74, 6) is -0.195. The van der Waals surface area contributed by atoms with Crippen LogP contribution >= 0.6 is 7.82 Å². The van der Waals surface area contributed by atoms with Gasteiger partial charge >= 0.3 is 7.82 Å². The van der Waals surface area contributed by atoms with Crippen LogP contribution in [0.1, 0.15) is 303 Å². The van der Waals surface area contributed by atoms with Gasteiger partial charge in [-0.25, -0.2) is 4.57 Å². The van der Waals surface area contributed by atoms with Gasteiger partial charge in [-0.2, -0.15) is 0 Å². The molecule has 8 nitrogen and oxygen atoms in total. The molecule has 0 saturated heterocycles. The van der Waals surface area contributed by atoms with E-state index in [1.807, 2.05) is 27.2 Å². The van der Waals surface area contributed by atoms with Gasteiger partial charge in [0.15, 0.2) is 0 Å². The van der Waals surface area contributed by atoms with Crippen molar-refractivity contribution in [1.29, 1.82) is 0 Å². The maximum atomic E-state index is 13.0. The smallest absolute Gasteiger partial charge is 0.387 e. The fourth-order valence-electron chi connectivity index (χ4n) is 9.84. The third-order valence-electron chi connectivity index (χ3n) is 15.2. The second kappa shape index (κ2) is 63.7. The monoisotopic (exact) mass is 1180 g/mol. The maximum Gasteiger partial charge on any atom is 0.472 e. The molecule has 0 aromatic heterocycles. The molecule has 0 saturated carbocycles. The molecule has 0 spiro atoms. The first-order valence-corrected chi connectivity index (χ1v) is 36.3. The van der Waals surface area contributed by atoms with Crippen LogP contribution < -0.4 is 5.32 Å². The topological polar surface area (TPSA) is 105 Å². The summed E-state index contributed by atoms with van der Waals surface area (Å²) >= 11 is 0. The van der Waals surface area contributed by atoms with Crippen molar-refractivity contribution in [3.05, 3.63) is 109 Å². The molecular formula is C74H134N2O6P+. The number of phosphoric acid groups is 1. The number of carbonyl (C=O) groups excluding carboxylic acids is 1. The van der Waals surface area contributed by atoms with Crippen LogP contribution in [0.25, 0.3) is 0 Å². The van der Waals surface area contributed by atoms with Crippen LogP contribution in [0.2, 0.25) is 0 Å². The lowest BCUT2D eigenvalue weighted by atomic mass is 10.0. The molecule has 0 heterocycles. The van der Waals surface area contributed by atoms with Crippen LogP contribution in [0.5, 0.6) is 0 Å². The van der Waals surface area contributed by atoms with Gasteiger partial charge in [-0.15, -0.1) is 0 Å². The van der Waals surface area contributed by atoms with Gasteiger partial charge in [0.05, 0.1) is 39.9 Å². The van der Waals surface area contributed by atoms with Crippen molar-refractivity contribution in [1.82, 2.24) is 5.32 Å². The Bertz CT molecular complexity index is 1720. The number of aliphatic hydroxyl groups is 1. The molecular weight excluding hydrogens is 1040 g/mol. The molecule has 480 valence electrons. The summed E-state index contributed by atoms with van der Waals surface area (Å²) in [6.45, 7) is 4.69. The van der Waals surface area contributed by atoms with Gasteiger partial charge in [-0.3, -0.25) is 13.8 Å². The summed E-state index contributed by atoms with van der Waals surface area (Å²) in [5, 5.41) is 14.0. The number of carbonyl (C=O) groups is 1. The summed E-state index contributed by atoms with van der Waals surface area (Å²) in [7, 11) is 1.54. The predicted octanol–water partition coefficient (Wildman–Crippen LogP) is 22.3. The highest BCUT2D eigenvalue weighted by Crippen LogP contribution is 2.43. The Kier molecular flexibility index (Phi) is 61.5. The highest BCUT2D eigenvalue weighted by atomic mass is 31.2. The van der Waals surface area contributed by atoms with Crippen LogP contribution in [-0.4, -0.2) is 73.4 Å². The first kappa shape index (κ1) is 80.2. The number of rotatable bonds is 63. The van der Waals surface area contributed by atoms with Gasteiger partial charge in [0.2, 0.25) is 5.91 Å². The van der Waals surface area contributed by atoms with E-state index < -0.39 is 20.0 Å². The number of nitrogens with zero attached hydrogens (tertiary/aromatic N) is 1. The van der Waals surface area contributed by atoms with Crippen molar-refractivity contribution in [2.75, 3.05) is 40.9 Å². The van der Waals surface area contributed by atoms with Gasteiger partial charge in [0.25, 0.3) is 0 Å². The van der Waals surface area contributed by atoms with Gasteiger partial charge in [0.1, 0.15) is 13.2 Å². The van der Waals surface area contributed by atoms with Crippen molar-refractivity contribution in [2.45, 2.75) is 315 Å². The number of phosphoric ester groups is 1. The Balaban J connectivity index is 4.17. The van der Waals surface area contributed by atoms with E-state index in [4.69, 9.17) is 9.05 Å². The lowest BCUT2D eigenvalue weighted by molar-refractivity contribution is -0.870. The minimum absolute atomic E-state index is 0.0487. The summed E-state index contributed by atoms with van der Waals surface area (Å²) in [6.07, 6.45) is 93.8.